The van der Waals surface area contributed by atoms with Crippen LogP contribution in [-0.4, -0.2) is 6.54 Å². The van der Waals surface area contributed by atoms with E-state index in [1.54, 1.807) is 0 Å². The maximum Gasteiger partial charge on any atom is 0.0578 e. The van der Waals surface area contributed by atoms with Crippen LogP contribution in [0.3, 0.4) is 0 Å². The monoisotopic (exact) mass is 199 g/mol. The summed E-state index contributed by atoms with van der Waals surface area (Å²) in [7, 11) is 0. The Kier molecular flexibility index (Phi) is 3.42. The third kappa shape index (κ3) is 3.11. The highest BCUT2D eigenvalue weighted by atomic mass is 14.8. The molecule has 15 heavy (non-hydrogen) atoms. The Balaban J connectivity index is 1.89. The van der Waals surface area contributed by atoms with Gasteiger partial charge in [-0.3, -0.25) is 0 Å². The van der Waals surface area contributed by atoms with Crippen molar-refractivity contribution in [2.75, 3.05) is 6.54 Å². The van der Waals surface area contributed by atoms with Gasteiger partial charge in [0, 0.05) is 6.54 Å². The summed E-state index contributed by atoms with van der Waals surface area (Å²) in [5, 5.41) is 3.32. The van der Waals surface area contributed by atoms with E-state index in [2.05, 4.69) is 41.4 Å². The molecule has 0 spiro atoms. The van der Waals surface area contributed by atoms with Crippen LogP contribution in [0.1, 0.15) is 36.8 Å². The molecule has 1 aromatic carbocycles. The first-order valence-electron chi connectivity index (χ1n) is 5.59. The Morgan fingerprint density at radius 1 is 1.40 bits per heavy atom. The van der Waals surface area contributed by atoms with Gasteiger partial charge in [0.2, 0.25) is 0 Å². The number of rotatable bonds is 4. The van der Waals surface area contributed by atoms with E-state index in [-0.39, 0.29) is 0 Å². The third-order valence-corrected chi connectivity index (χ3v) is 2.72. The second-order valence-corrected chi connectivity index (χ2v) is 4.05. The molecule has 1 aromatic rings. The van der Waals surface area contributed by atoms with Crippen LogP contribution in [0.15, 0.2) is 24.3 Å². The Morgan fingerprint density at radius 2 is 2.27 bits per heavy atom. The lowest BCUT2D eigenvalue weighted by Gasteiger charge is -2.04. The van der Waals surface area contributed by atoms with Crippen LogP contribution in [-0.2, 0) is 6.54 Å². The van der Waals surface area contributed by atoms with Crippen molar-refractivity contribution in [1.82, 2.24) is 5.32 Å². The molecule has 0 bridgehead atoms. The highest BCUT2D eigenvalue weighted by Crippen LogP contribution is 2.40. The van der Waals surface area contributed by atoms with Crippen LogP contribution in [0, 0.1) is 11.8 Å². The topological polar surface area (TPSA) is 12.0 Å². The van der Waals surface area contributed by atoms with Crippen LogP contribution in [0.2, 0.25) is 0 Å². The van der Waals surface area contributed by atoms with Crippen molar-refractivity contribution < 1.29 is 0 Å². The minimum atomic E-state index is 0.782. The molecular formula is C14H17N. The van der Waals surface area contributed by atoms with Gasteiger partial charge in [-0.05, 0) is 36.8 Å². The van der Waals surface area contributed by atoms with Gasteiger partial charge in [-0.1, -0.05) is 30.2 Å². The molecular weight excluding hydrogens is 182 g/mol. The molecule has 0 saturated heterocycles. The highest BCUT2D eigenvalue weighted by molar-refractivity contribution is 5.29. The predicted molar refractivity (Wildman–Crippen MR) is 63.6 cm³/mol. The van der Waals surface area contributed by atoms with Crippen molar-refractivity contribution in [2.45, 2.75) is 32.2 Å². The first kappa shape index (κ1) is 10.3. The van der Waals surface area contributed by atoms with Crippen molar-refractivity contribution in [1.29, 1.82) is 0 Å². The minimum Gasteiger partial charge on any atom is -0.302 e. The Hall–Kier alpha value is -1.26. The van der Waals surface area contributed by atoms with Crippen molar-refractivity contribution in [3.05, 3.63) is 35.4 Å². The predicted octanol–water partition coefficient (Wildman–Crippen LogP) is 2.68. The maximum atomic E-state index is 3.32. The molecule has 0 amide bonds. The van der Waals surface area contributed by atoms with Gasteiger partial charge in [0.1, 0.15) is 0 Å². The van der Waals surface area contributed by atoms with Gasteiger partial charge in [-0.25, -0.2) is 0 Å². The molecule has 0 heterocycles. The lowest BCUT2D eigenvalue weighted by Crippen LogP contribution is -2.13. The van der Waals surface area contributed by atoms with Crippen molar-refractivity contribution >= 4 is 0 Å². The first-order valence-corrected chi connectivity index (χ1v) is 5.59. The lowest BCUT2D eigenvalue weighted by molar-refractivity contribution is 0.768. The van der Waals surface area contributed by atoms with E-state index < -0.39 is 0 Å². The van der Waals surface area contributed by atoms with Crippen molar-refractivity contribution in [3.8, 4) is 11.8 Å². The van der Waals surface area contributed by atoms with Crippen LogP contribution in [0.25, 0.3) is 0 Å². The summed E-state index contributed by atoms with van der Waals surface area (Å²) < 4.78 is 0. The van der Waals surface area contributed by atoms with Crippen LogP contribution >= 0.6 is 0 Å². The molecule has 0 radical (unpaired) electrons. The van der Waals surface area contributed by atoms with E-state index in [0.29, 0.717) is 0 Å². The van der Waals surface area contributed by atoms with Crippen molar-refractivity contribution in [2.24, 2.45) is 0 Å². The fourth-order valence-electron chi connectivity index (χ4n) is 1.73. The van der Waals surface area contributed by atoms with E-state index in [1.807, 2.05) is 6.92 Å². The average molecular weight is 199 g/mol. The van der Waals surface area contributed by atoms with Gasteiger partial charge in [0.05, 0.1) is 6.54 Å². The zero-order chi connectivity index (χ0) is 10.5. The minimum absolute atomic E-state index is 0.782. The fourth-order valence-corrected chi connectivity index (χ4v) is 1.73. The number of nitrogens with one attached hydrogen (secondary N) is 1. The molecule has 0 unspecified atom stereocenters. The van der Waals surface area contributed by atoms with Crippen molar-refractivity contribution in [3.63, 3.8) is 0 Å². The van der Waals surface area contributed by atoms with Gasteiger partial charge in [0.15, 0.2) is 0 Å². The summed E-state index contributed by atoms with van der Waals surface area (Å²) >= 11 is 0. The zero-order valence-corrected chi connectivity index (χ0v) is 9.22. The zero-order valence-electron chi connectivity index (χ0n) is 9.22. The van der Waals surface area contributed by atoms with Gasteiger partial charge in [0.25, 0.3) is 0 Å². The van der Waals surface area contributed by atoms with Gasteiger partial charge < -0.3 is 5.32 Å². The summed E-state index contributed by atoms with van der Waals surface area (Å²) in [5.41, 5.74) is 2.88. The van der Waals surface area contributed by atoms with E-state index in [4.69, 9.17) is 0 Å². The molecule has 1 fully saturated rings. The number of benzene rings is 1. The Bertz CT molecular complexity index is 380. The SMILES string of the molecule is CC#CCNCc1cccc(C2CC2)c1. The second-order valence-electron chi connectivity index (χ2n) is 4.05. The smallest absolute Gasteiger partial charge is 0.0578 e. The number of hydrogen-bond donors (Lipinski definition) is 1. The summed E-state index contributed by atoms with van der Waals surface area (Å²) in [6.07, 6.45) is 2.75. The maximum absolute atomic E-state index is 3.32. The third-order valence-electron chi connectivity index (χ3n) is 2.72. The van der Waals surface area contributed by atoms with Gasteiger partial charge in [-0.15, -0.1) is 5.92 Å². The molecule has 1 nitrogen and oxygen atoms in total. The summed E-state index contributed by atoms with van der Waals surface area (Å²) in [6.45, 7) is 3.58. The summed E-state index contributed by atoms with van der Waals surface area (Å²) in [6, 6.07) is 8.91. The summed E-state index contributed by atoms with van der Waals surface area (Å²) in [5.74, 6) is 6.74. The fraction of sp³-hybridized carbons (Fsp3) is 0.429. The van der Waals surface area contributed by atoms with E-state index in [0.717, 1.165) is 19.0 Å². The highest BCUT2D eigenvalue weighted by Gasteiger charge is 2.23. The molecule has 78 valence electrons. The number of hydrogen-bond acceptors (Lipinski definition) is 1. The largest absolute Gasteiger partial charge is 0.302 e. The van der Waals surface area contributed by atoms with Crippen LogP contribution in [0.5, 0.6) is 0 Å². The first-order chi connectivity index (χ1) is 7.40. The van der Waals surface area contributed by atoms with Gasteiger partial charge in [-0.2, -0.15) is 0 Å². The molecule has 1 aliphatic carbocycles. The van der Waals surface area contributed by atoms with Crippen LogP contribution < -0.4 is 5.32 Å². The Morgan fingerprint density at radius 3 is 3.00 bits per heavy atom. The normalized spacial score (nSPS) is 14.5. The molecule has 2 rings (SSSR count). The average Bonchev–Trinajstić information content (AvgIpc) is 3.09. The molecule has 1 saturated carbocycles. The quantitative estimate of drug-likeness (QED) is 0.580. The molecule has 1 heteroatoms. The van der Waals surface area contributed by atoms with Gasteiger partial charge >= 0.3 is 0 Å². The standard InChI is InChI=1S/C14H17N/c1-2-3-9-15-11-12-5-4-6-14(10-12)13-7-8-13/h4-6,10,13,15H,7-9,11H2,1H3. The second kappa shape index (κ2) is 5.00. The van der Waals surface area contributed by atoms with Crippen LogP contribution in [0.4, 0.5) is 0 Å². The molecule has 1 N–H and O–H groups in total. The van der Waals surface area contributed by atoms with E-state index >= 15 is 0 Å². The molecule has 0 aliphatic heterocycles. The van der Waals surface area contributed by atoms with E-state index in [1.165, 1.54) is 24.0 Å². The molecule has 1 aliphatic rings. The molecule has 0 aromatic heterocycles. The lowest BCUT2D eigenvalue weighted by atomic mass is 10.1. The Labute approximate surface area is 91.9 Å². The summed E-state index contributed by atoms with van der Waals surface area (Å²) in [4.78, 5) is 0. The molecule has 0 atom stereocenters. The van der Waals surface area contributed by atoms with E-state index in [9.17, 15) is 0 Å².